The lowest BCUT2D eigenvalue weighted by Gasteiger charge is -2.27. The van der Waals surface area contributed by atoms with Gasteiger partial charge in [-0.15, -0.1) is 0 Å². The average molecular weight is 191 g/mol. The molecule has 1 saturated carbocycles. The lowest BCUT2D eigenvalue weighted by atomic mass is 9.80. The van der Waals surface area contributed by atoms with Crippen LogP contribution >= 0.6 is 0 Å². The van der Waals surface area contributed by atoms with Crippen LogP contribution in [0, 0.1) is 5.92 Å². The molecule has 2 atom stereocenters. The summed E-state index contributed by atoms with van der Waals surface area (Å²) in [5.41, 5.74) is 5.66. The SMILES string of the molecule is CC1CCCCC1c1nccc(N)n1. The fourth-order valence-electron chi connectivity index (χ4n) is 2.27. The van der Waals surface area contributed by atoms with E-state index in [4.69, 9.17) is 5.73 Å². The standard InChI is InChI=1S/C11H17N3/c1-8-4-2-3-5-9(8)11-13-7-6-10(12)14-11/h6-9H,2-5H2,1H3,(H2,12,13,14). The van der Waals surface area contributed by atoms with Crippen molar-refractivity contribution < 1.29 is 0 Å². The van der Waals surface area contributed by atoms with Crippen LogP contribution in [0.2, 0.25) is 0 Å². The van der Waals surface area contributed by atoms with Crippen LogP contribution in [0.5, 0.6) is 0 Å². The van der Waals surface area contributed by atoms with Crippen molar-refractivity contribution in [3.05, 3.63) is 18.1 Å². The Labute approximate surface area is 84.8 Å². The van der Waals surface area contributed by atoms with Crippen molar-refractivity contribution in [2.75, 3.05) is 5.73 Å². The number of nitrogens with zero attached hydrogens (tertiary/aromatic N) is 2. The van der Waals surface area contributed by atoms with E-state index in [9.17, 15) is 0 Å². The zero-order chi connectivity index (χ0) is 9.97. The highest BCUT2D eigenvalue weighted by atomic mass is 14.9. The maximum atomic E-state index is 5.66. The van der Waals surface area contributed by atoms with Crippen molar-refractivity contribution in [1.29, 1.82) is 0 Å². The highest BCUT2D eigenvalue weighted by Crippen LogP contribution is 2.35. The summed E-state index contributed by atoms with van der Waals surface area (Å²) in [5.74, 6) is 2.75. The Morgan fingerprint density at radius 3 is 2.86 bits per heavy atom. The van der Waals surface area contributed by atoms with Gasteiger partial charge in [0.25, 0.3) is 0 Å². The summed E-state index contributed by atoms with van der Waals surface area (Å²) in [4.78, 5) is 8.64. The summed E-state index contributed by atoms with van der Waals surface area (Å²) in [5, 5.41) is 0. The quantitative estimate of drug-likeness (QED) is 0.741. The number of rotatable bonds is 1. The van der Waals surface area contributed by atoms with Gasteiger partial charge in [0.1, 0.15) is 11.6 Å². The number of nitrogen functional groups attached to an aromatic ring is 1. The molecule has 1 aromatic rings. The summed E-state index contributed by atoms with van der Waals surface area (Å²) < 4.78 is 0. The van der Waals surface area contributed by atoms with Crippen molar-refractivity contribution in [3.63, 3.8) is 0 Å². The minimum absolute atomic E-state index is 0.521. The number of nitrogens with two attached hydrogens (primary N) is 1. The van der Waals surface area contributed by atoms with Crippen molar-refractivity contribution in [2.45, 2.75) is 38.5 Å². The molecule has 3 nitrogen and oxygen atoms in total. The largest absolute Gasteiger partial charge is 0.384 e. The molecule has 1 fully saturated rings. The van der Waals surface area contributed by atoms with Crippen LogP contribution < -0.4 is 5.73 Å². The molecule has 14 heavy (non-hydrogen) atoms. The van der Waals surface area contributed by atoms with E-state index in [0.29, 0.717) is 17.7 Å². The van der Waals surface area contributed by atoms with E-state index in [1.165, 1.54) is 25.7 Å². The molecule has 76 valence electrons. The minimum atomic E-state index is 0.521. The van der Waals surface area contributed by atoms with Gasteiger partial charge in [0.2, 0.25) is 0 Å². The van der Waals surface area contributed by atoms with Crippen molar-refractivity contribution in [2.24, 2.45) is 5.92 Å². The molecule has 0 amide bonds. The third kappa shape index (κ3) is 1.86. The maximum Gasteiger partial charge on any atom is 0.133 e. The smallest absolute Gasteiger partial charge is 0.133 e. The van der Waals surface area contributed by atoms with Gasteiger partial charge in [0.05, 0.1) is 0 Å². The average Bonchev–Trinajstić information content (AvgIpc) is 2.18. The fourth-order valence-corrected chi connectivity index (χ4v) is 2.27. The van der Waals surface area contributed by atoms with E-state index in [-0.39, 0.29) is 0 Å². The van der Waals surface area contributed by atoms with Gasteiger partial charge < -0.3 is 5.73 Å². The summed E-state index contributed by atoms with van der Waals surface area (Å²) in [6, 6.07) is 1.75. The monoisotopic (exact) mass is 191 g/mol. The zero-order valence-electron chi connectivity index (χ0n) is 8.61. The Bertz CT molecular complexity index is 311. The summed E-state index contributed by atoms with van der Waals surface area (Å²) in [6.07, 6.45) is 6.92. The normalized spacial score (nSPS) is 27.5. The molecular formula is C11H17N3. The second-order valence-electron chi connectivity index (χ2n) is 4.21. The van der Waals surface area contributed by atoms with Gasteiger partial charge in [0, 0.05) is 12.1 Å². The van der Waals surface area contributed by atoms with Crippen LogP contribution in [-0.4, -0.2) is 9.97 Å². The first-order valence-electron chi connectivity index (χ1n) is 5.36. The van der Waals surface area contributed by atoms with E-state index in [1.807, 2.05) is 0 Å². The van der Waals surface area contributed by atoms with Crippen LogP contribution in [0.15, 0.2) is 12.3 Å². The van der Waals surface area contributed by atoms with Gasteiger partial charge >= 0.3 is 0 Å². The van der Waals surface area contributed by atoms with Gasteiger partial charge in [-0.2, -0.15) is 0 Å². The van der Waals surface area contributed by atoms with Gasteiger partial charge in [0.15, 0.2) is 0 Å². The van der Waals surface area contributed by atoms with E-state index in [0.717, 1.165) is 5.82 Å². The molecule has 2 unspecified atom stereocenters. The first-order chi connectivity index (χ1) is 6.77. The molecule has 0 radical (unpaired) electrons. The molecule has 0 aromatic carbocycles. The molecular weight excluding hydrogens is 174 g/mol. The van der Waals surface area contributed by atoms with E-state index >= 15 is 0 Å². The minimum Gasteiger partial charge on any atom is -0.384 e. The van der Waals surface area contributed by atoms with Crippen LogP contribution in [0.3, 0.4) is 0 Å². The van der Waals surface area contributed by atoms with Crippen LogP contribution in [0.1, 0.15) is 44.3 Å². The lowest BCUT2D eigenvalue weighted by molar-refractivity contribution is 0.320. The van der Waals surface area contributed by atoms with E-state index in [1.54, 1.807) is 12.3 Å². The number of hydrogen-bond donors (Lipinski definition) is 1. The molecule has 0 spiro atoms. The Balaban J connectivity index is 2.20. The van der Waals surface area contributed by atoms with Crippen LogP contribution in [0.25, 0.3) is 0 Å². The Morgan fingerprint density at radius 1 is 1.36 bits per heavy atom. The molecule has 1 aliphatic rings. The van der Waals surface area contributed by atoms with Crippen molar-refractivity contribution >= 4 is 5.82 Å². The highest BCUT2D eigenvalue weighted by molar-refractivity contribution is 5.26. The van der Waals surface area contributed by atoms with Gasteiger partial charge in [-0.25, -0.2) is 9.97 Å². The number of anilines is 1. The van der Waals surface area contributed by atoms with E-state index < -0.39 is 0 Å². The molecule has 0 saturated heterocycles. The highest BCUT2D eigenvalue weighted by Gasteiger charge is 2.24. The topological polar surface area (TPSA) is 51.8 Å². The van der Waals surface area contributed by atoms with Crippen molar-refractivity contribution in [3.8, 4) is 0 Å². The molecule has 1 aromatic heterocycles. The molecule has 2 N–H and O–H groups in total. The van der Waals surface area contributed by atoms with Gasteiger partial charge in [-0.05, 0) is 18.4 Å². The molecule has 1 heterocycles. The Hall–Kier alpha value is -1.12. The lowest BCUT2D eigenvalue weighted by Crippen LogP contribution is -2.17. The molecule has 1 aliphatic carbocycles. The predicted octanol–water partition coefficient (Wildman–Crippen LogP) is 2.35. The van der Waals surface area contributed by atoms with Gasteiger partial charge in [-0.1, -0.05) is 26.2 Å². The molecule has 2 rings (SSSR count). The molecule has 0 aliphatic heterocycles. The zero-order valence-corrected chi connectivity index (χ0v) is 8.61. The molecule has 0 bridgehead atoms. The van der Waals surface area contributed by atoms with Gasteiger partial charge in [-0.3, -0.25) is 0 Å². The summed E-state index contributed by atoms with van der Waals surface area (Å²) >= 11 is 0. The Kier molecular flexibility index (Phi) is 2.66. The first-order valence-corrected chi connectivity index (χ1v) is 5.36. The predicted molar refractivity (Wildman–Crippen MR) is 56.8 cm³/mol. The van der Waals surface area contributed by atoms with Crippen LogP contribution in [0.4, 0.5) is 5.82 Å². The van der Waals surface area contributed by atoms with E-state index in [2.05, 4.69) is 16.9 Å². The third-order valence-corrected chi connectivity index (χ3v) is 3.14. The van der Waals surface area contributed by atoms with Crippen molar-refractivity contribution in [1.82, 2.24) is 9.97 Å². The first kappa shape index (κ1) is 9.44. The third-order valence-electron chi connectivity index (χ3n) is 3.14. The van der Waals surface area contributed by atoms with Crippen LogP contribution in [-0.2, 0) is 0 Å². The summed E-state index contributed by atoms with van der Waals surface area (Å²) in [6.45, 7) is 2.29. The second-order valence-corrected chi connectivity index (χ2v) is 4.21. The number of aromatic nitrogens is 2. The maximum absolute atomic E-state index is 5.66. The Morgan fingerprint density at radius 2 is 2.14 bits per heavy atom. The fraction of sp³-hybridized carbons (Fsp3) is 0.636. The number of hydrogen-bond acceptors (Lipinski definition) is 3. The molecule has 3 heteroatoms. The summed E-state index contributed by atoms with van der Waals surface area (Å²) in [7, 11) is 0. The second kappa shape index (κ2) is 3.95.